The first-order valence-electron chi connectivity index (χ1n) is 7.60. The molecule has 118 valence electrons. The first kappa shape index (κ1) is 15.0. The van der Waals surface area contributed by atoms with Crippen LogP contribution in [-0.4, -0.2) is 60.7 Å². The van der Waals surface area contributed by atoms with Crippen molar-refractivity contribution in [2.75, 3.05) is 44.2 Å². The van der Waals surface area contributed by atoms with E-state index in [1.807, 2.05) is 24.1 Å². The predicted octanol–water partition coefficient (Wildman–Crippen LogP) is 1.50. The molecule has 2 heterocycles. The molecule has 1 saturated heterocycles. The Kier molecular flexibility index (Phi) is 4.40. The molecular weight excluding hydrogens is 283 g/mol. The van der Waals surface area contributed by atoms with Crippen LogP contribution in [0.5, 0.6) is 0 Å². The molecule has 1 aromatic carbocycles. The second kappa shape index (κ2) is 6.46. The Morgan fingerprint density at radius 1 is 1.14 bits per heavy atom. The minimum atomic E-state index is -0.203. The molecule has 0 amide bonds. The van der Waals surface area contributed by atoms with E-state index in [-0.39, 0.29) is 5.82 Å². The topological polar surface area (TPSA) is 30.0 Å². The Balaban J connectivity index is 1.60. The SMILES string of the molecule is CC1=CCN(N2CCN(c3ccc(F)cc3)CC2)N1CC=O. The molecule has 22 heavy (non-hydrogen) atoms. The maximum absolute atomic E-state index is 13.0. The number of carbonyl (C=O) groups excluding carboxylic acids is 1. The van der Waals surface area contributed by atoms with E-state index < -0.39 is 0 Å². The third-order valence-corrected chi connectivity index (χ3v) is 4.26. The van der Waals surface area contributed by atoms with Crippen molar-refractivity contribution in [3.05, 3.63) is 41.9 Å². The molecule has 2 aliphatic rings. The van der Waals surface area contributed by atoms with Gasteiger partial charge in [-0.05, 0) is 37.3 Å². The van der Waals surface area contributed by atoms with Crippen molar-refractivity contribution in [1.29, 1.82) is 0 Å². The van der Waals surface area contributed by atoms with Gasteiger partial charge in [0.25, 0.3) is 0 Å². The van der Waals surface area contributed by atoms with Crippen molar-refractivity contribution in [1.82, 2.24) is 15.1 Å². The monoisotopic (exact) mass is 304 g/mol. The van der Waals surface area contributed by atoms with Gasteiger partial charge in [-0.25, -0.2) is 9.40 Å². The summed E-state index contributed by atoms with van der Waals surface area (Å²) in [5.74, 6) is -0.203. The summed E-state index contributed by atoms with van der Waals surface area (Å²) >= 11 is 0. The van der Waals surface area contributed by atoms with Gasteiger partial charge in [0.15, 0.2) is 0 Å². The smallest absolute Gasteiger partial charge is 0.140 e. The van der Waals surface area contributed by atoms with Gasteiger partial charge in [0.1, 0.15) is 12.1 Å². The molecule has 1 aromatic rings. The van der Waals surface area contributed by atoms with Gasteiger partial charge in [0, 0.05) is 37.6 Å². The van der Waals surface area contributed by atoms with Crippen molar-refractivity contribution in [2.24, 2.45) is 0 Å². The summed E-state index contributed by atoms with van der Waals surface area (Å²) < 4.78 is 13.0. The van der Waals surface area contributed by atoms with Crippen LogP contribution in [0.15, 0.2) is 36.0 Å². The molecular formula is C16H21FN4O. The molecule has 5 nitrogen and oxygen atoms in total. The van der Waals surface area contributed by atoms with Crippen LogP contribution in [-0.2, 0) is 4.79 Å². The third-order valence-electron chi connectivity index (χ3n) is 4.26. The standard InChI is InChI=1S/C16H21FN4O/c1-14-6-7-21(20(14)12-13-22)19-10-8-18(9-11-19)16-4-2-15(17)3-5-16/h2-6,13H,7-12H2,1H3. The minimum Gasteiger partial charge on any atom is -0.369 e. The van der Waals surface area contributed by atoms with Crippen molar-refractivity contribution >= 4 is 12.0 Å². The summed E-state index contributed by atoms with van der Waals surface area (Å²) in [6, 6.07) is 6.65. The number of carbonyl (C=O) groups is 1. The number of piperazine rings is 1. The zero-order chi connectivity index (χ0) is 15.5. The second-order valence-electron chi connectivity index (χ2n) is 5.57. The summed E-state index contributed by atoms with van der Waals surface area (Å²) in [7, 11) is 0. The summed E-state index contributed by atoms with van der Waals surface area (Å²) in [5.41, 5.74) is 2.18. The second-order valence-corrected chi connectivity index (χ2v) is 5.57. The number of nitrogens with zero attached hydrogens (tertiary/aromatic N) is 4. The molecule has 0 spiro atoms. The van der Waals surface area contributed by atoms with Gasteiger partial charge in [-0.3, -0.25) is 5.01 Å². The highest BCUT2D eigenvalue weighted by Gasteiger charge is 2.29. The fourth-order valence-electron chi connectivity index (χ4n) is 3.01. The Morgan fingerprint density at radius 2 is 1.82 bits per heavy atom. The normalized spacial score (nSPS) is 20.4. The number of rotatable bonds is 4. The summed E-state index contributed by atoms with van der Waals surface area (Å²) in [6.07, 6.45) is 3.07. The number of hydrazine groups is 2. The fraction of sp³-hybridized carbons (Fsp3) is 0.438. The zero-order valence-electron chi connectivity index (χ0n) is 12.8. The van der Waals surface area contributed by atoms with Gasteiger partial charge in [-0.1, -0.05) is 0 Å². The van der Waals surface area contributed by atoms with Crippen molar-refractivity contribution < 1.29 is 9.18 Å². The van der Waals surface area contributed by atoms with Crippen LogP contribution < -0.4 is 4.90 Å². The van der Waals surface area contributed by atoms with Crippen LogP contribution in [0, 0.1) is 5.82 Å². The van der Waals surface area contributed by atoms with Crippen LogP contribution in [0.1, 0.15) is 6.92 Å². The summed E-state index contributed by atoms with van der Waals surface area (Å²) in [5, 5.41) is 6.43. The molecule has 0 N–H and O–H groups in total. The number of anilines is 1. The Morgan fingerprint density at radius 3 is 2.45 bits per heavy atom. The van der Waals surface area contributed by atoms with E-state index in [1.165, 1.54) is 12.1 Å². The maximum Gasteiger partial charge on any atom is 0.140 e. The highest BCUT2D eigenvalue weighted by atomic mass is 19.1. The van der Waals surface area contributed by atoms with E-state index in [0.717, 1.165) is 50.4 Å². The number of benzene rings is 1. The van der Waals surface area contributed by atoms with Crippen molar-refractivity contribution in [3.8, 4) is 0 Å². The van der Waals surface area contributed by atoms with Crippen molar-refractivity contribution in [3.63, 3.8) is 0 Å². The molecule has 0 bridgehead atoms. The first-order chi connectivity index (χ1) is 10.7. The molecule has 2 aliphatic heterocycles. The van der Waals surface area contributed by atoms with E-state index in [2.05, 4.69) is 21.1 Å². The third kappa shape index (κ3) is 2.98. The molecule has 0 radical (unpaired) electrons. The van der Waals surface area contributed by atoms with E-state index in [4.69, 9.17) is 0 Å². The molecule has 0 aliphatic carbocycles. The van der Waals surface area contributed by atoms with Gasteiger partial charge in [-0.15, -0.1) is 5.12 Å². The van der Waals surface area contributed by atoms with Crippen LogP contribution in [0.4, 0.5) is 10.1 Å². The highest BCUT2D eigenvalue weighted by Crippen LogP contribution is 2.21. The van der Waals surface area contributed by atoms with E-state index in [9.17, 15) is 9.18 Å². The van der Waals surface area contributed by atoms with Crippen LogP contribution >= 0.6 is 0 Å². The lowest BCUT2D eigenvalue weighted by Gasteiger charge is -2.44. The fourth-order valence-corrected chi connectivity index (χ4v) is 3.01. The average Bonchev–Trinajstić information content (AvgIpc) is 2.90. The first-order valence-corrected chi connectivity index (χ1v) is 7.60. The lowest BCUT2D eigenvalue weighted by Crippen LogP contribution is -2.57. The zero-order valence-corrected chi connectivity index (χ0v) is 12.8. The number of aldehydes is 1. The molecule has 6 heteroatoms. The Bertz CT molecular complexity index is 552. The number of allylic oxidation sites excluding steroid dienone is 1. The number of hydrogen-bond donors (Lipinski definition) is 0. The van der Waals surface area contributed by atoms with Gasteiger partial charge < -0.3 is 9.69 Å². The highest BCUT2D eigenvalue weighted by molar-refractivity contribution is 5.52. The minimum absolute atomic E-state index is 0.203. The lowest BCUT2D eigenvalue weighted by atomic mass is 10.2. The van der Waals surface area contributed by atoms with E-state index in [0.29, 0.717) is 6.54 Å². The molecule has 3 rings (SSSR count). The summed E-state index contributed by atoms with van der Waals surface area (Å²) in [6.45, 7) is 6.77. The Hall–Kier alpha value is -1.92. The molecule has 0 unspecified atom stereocenters. The molecule has 0 aromatic heterocycles. The number of halogens is 1. The maximum atomic E-state index is 13.0. The lowest BCUT2D eigenvalue weighted by molar-refractivity contribution is -0.153. The van der Waals surface area contributed by atoms with Crippen LogP contribution in [0.3, 0.4) is 0 Å². The number of hydrogen-bond acceptors (Lipinski definition) is 5. The van der Waals surface area contributed by atoms with Gasteiger partial charge in [0.05, 0.1) is 13.1 Å². The van der Waals surface area contributed by atoms with Crippen molar-refractivity contribution in [2.45, 2.75) is 6.92 Å². The summed E-state index contributed by atoms with van der Waals surface area (Å²) in [4.78, 5) is 13.1. The van der Waals surface area contributed by atoms with E-state index >= 15 is 0 Å². The molecule has 0 atom stereocenters. The largest absolute Gasteiger partial charge is 0.369 e. The Labute approximate surface area is 130 Å². The quantitative estimate of drug-likeness (QED) is 0.787. The molecule has 0 saturated carbocycles. The van der Waals surface area contributed by atoms with Gasteiger partial charge >= 0.3 is 0 Å². The van der Waals surface area contributed by atoms with Crippen LogP contribution in [0.2, 0.25) is 0 Å². The van der Waals surface area contributed by atoms with Gasteiger partial charge in [-0.2, -0.15) is 0 Å². The average molecular weight is 304 g/mol. The molecule has 1 fully saturated rings. The predicted molar refractivity (Wildman–Crippen MR) is 83.4 cm³/mol. The van der Waals surface area contributed by atoms with Crippen LogP contribution in [0.25, 0.3) is 0 Å². The van der Waals surface area contributed by atoms with Gasteiger partial charge in [0.2, 0.25) is 0 Å². The van der Waals surface area contributed by atoms with E-state index in [1.54, 1.807) is 0 Å².